The van der Waals surface area contributed by atoms with E-state index in [9.17, 15) is 43.2 Å². The van der Waals surface area contributed by atoms with E-state index >= 15 is 0 Å². The van der Waals surface area contributed by atoms with Crippen LogP contribution in [0.3, 0.4) is 0 Å². The summed E-state index contributed by atoms with van der Waals surface area (Å²) >= 11 is 0. The number of phosphoric ester groups is 2. The van der Waals surface area contributed by atoms with Gasteiger partial charge in [-0.15, -0.1) is 0 Å². The van der Waals surface area contributed by atoms with E-state index in [0.29, 0.717) is 25.7 Å². The maximum absolute atomic E-state index is 13.1. The zero-order valence-electron chi connectivity index (χ0n) is 60.9. The fourth-order valence-electron chi connectivity index (χ4n) is 11.1. The summed E-state index contributed by atoms with van der Waals surface area (Å²) < 4.78 is 68.4. The predicted octanol–water partition coefficient (Wildman–Crippen LogP) is 21.3. The smallest absolute Gasteiger partial charge is 0.462 e. The monoisotopic (exact) mass is 1370 g/mol. The molecule has 0 aliphatic rings. The van der Waals surface area contributed by atoms with Crippen LogP contribution in [0.4, 0.5) is 0 Å². The van der Waals surface area contributed by atoms with Crippen LogP contribution < -0.4 is 0 Å². The van der Waals surface area contributed by atoms with Crippen LogP contribution in [0.1, 0.15) is 370 Å². The SMILES string of the molecule is CCC(C)CCCCCCCCCCCCCCCCC(=O)O[C@H](COC(=O)CCCCCCCCC(C)CC)COP(=O)(O)OC[C@H](O)COP(=O)(O)OC[C@@H](COC(=O)CCCCCCCCCCCCC(C)C)OC(=O)CCCCCCCCCCCC(C)C. The second kappa shape index (κ2) is 63.5. The van der Waals surface area contributed by atoms with Crippen molar-refractivity contribution < 1.29 is 80.2 Å². The normalized spacial score (nSPS) is 14.8. The van der Waals surface area contributed by atoms with Gasteiger partial charge in [0.1, 0.15) is 19.3 Å². The molecule has 552 valence electrons. The summed E-state index contributed by atoms with van der Waals surface area (Å²) in [6, 6.07) is 0. The van der Waals surface area contributed by atoms with E-state index in [-0.39, 0.29) is 25.7 Å². The molecule has 0 aromatic rings. The molecule has 4 unspecified atom stereocenters. The van der Waals surface area contributed by atoms with E-state index in [1.165, 1.54) is 167 Å². The van der Waals surface area contributed by atoms with Crippen molar-refractivity contribution >= 4 is 39.5 Å². The molecule has 0 aromatic heterocycles. The van der Waals surface area contributed by atoms with Gasteiger partial charge in [-0.2, -0.15) is 0 Å². The van der Waals surface area contributed by atoms with E-state index in [4.69, 9.17) is 37.0 Å². The molecule has 17 nitrogen and oxygen atoms in total. The lowest BCUT2D eigenvalue weighted by atomic mass is 9.99. The van der Waals surface area contributed by atoms with E-state index in [1.54, 1.807) is 0 Å². The predicted molar refractivity (Wildman–Crippen MR) is 377 cm³/mol. The molecule has 0 aliphatic carbocycles. The lowest BCUT2D eigenvalue weighted by molar-refractivity contribution is -0.161. The first kappa shape index (κ1) is 91.1. The summed E-state index contributed by atoms with van der Waals surface area (Å²) in [4.78, 5) is 72.7. The van der Waals surface area contributed by atoms with Crippen LogP contribution in [0, 0.1) is 23.7 Å². The molecular weight excluding hydrogens is 1220 g/mol. The van der Waals surface area contributed by atoms with Gasteiger partial charge in [0.2, 0.25) is 0 Å². The average Bonchev–Trinajstić information content (AvgIpc) is 2.04. The van der Waals surface area contributed by atoms with Gasteiger partial charge in [0.05, 0.1) is 26.4 Å². The van der Waals surface area contributed by atoms with Crippen LogP contribution in [-0.2, 0) is 65.4 Å². The highest BCUT2D eigenvalue weighted by molar-refractivity contribution is 7.47. The molecule has 0 fully saturated rings. The standard InChI is InChI=1S/C74H144O17P2/c1-9-66(7)52-44-36-28-22-15-13-11-12-14-16-24-30-40-48-56-73(78)91-70(61-85-72(77)55-47-39-33-32-37-45-53-67(8)10-2)63-89-93(82,83)87-59-68(75)58-86-92(80,81)88-62-69(90-74(79)57-49-41-31-25-19-21-27-35-43-51-65(5)6)60-84-71(76)54-46-38-29-23-18-17-20-26-34-42-50-64(3)4/h64-70,75H,9-63H2,1-8H3,(H,80,81)(H,82,83)/t66?,67?,68-,69-,70-/m1/s1. The zero-order chi connectivity index (χ0) is 68.9. The van der Waals surface area contributed by atoms with Gasteiger partial charge in [0.25, 0.3) is 0 Å². The minimum atomic E-state index is -4.96. The van der Waals surface area contributed by atoms with E-state index in [2.05, 4.69) is 55.4 Å². The molecule has 0 bridgehead atoms. The summed E-state index contributed by atoms with van der Waals surface area (Å²) in [5.74, 6) is 0.947. The lowest BCUT2D eigenvalue weighted by Gasteiger charge is -2.21. The number of ether oxygens (including phenoxy) is 4. The van der Waals surface area contributed by atoms with Crippen molar-refractivity contribution in [2.24, 2.45) is 23.7 Å². The van der Waals surface area contributed by atoms with Gasteiger partial charge in [-0.05, 0) is 49.4 Å². The van der Waals surface area contributed by atoms with Crippen LogP contribution in [0.15, 0.2) is 0 Å². The number of esters is 4. The van der Waals surface area contributed by atoms with Gasteiger partial charge >= 0.3 is 39.5 Å². The zero-order valence-corrected chi connectivity index (χ0v) is 62.7. The number of aliphatic hydroxyl groups is 1. The molecule has 7 atom stereocenters. The van der Waals surface area contributed by atoms with E-state index in [0.717, 1.165) is 120 Å². The average molecular weight is 1370 g/mol. The third kappa shape index (κ3) is 65.8. The van der Waals surface area contributed by atoms with Gasteiger partial charge in [0.15, 0.2) is 12.2 Å². The summed E-state index contributed by atoms with van der Waals surface area (Å²) in [5, 5.41) is 10.6. The molecule has 3 N–H and O–H groups in total. The number of aliphatic hydroxyl groups excluding tert-OH is 1. The maximum Gasteiger partial charge on any atom is 0.472 e. The van der Waals surface area contributed by atoms with Crippen molar-refractivity contribution in [2.75, 3.05) is 39.6 Å². The Kier molecular flexibility index (Phi) is 62.2. The Hall–Kier alpha value is -1.94. The number of unbranched alkanes of at least 4 members (excludes halogenated alkanes) is 35. The topological polar surface area (TPSA) is 237 Å². The molecule has 0 rings (SSSR count). The lowest BCUT2D eigenvalue weighted by Crippen LogP contribution is -2.30. The molecule has 0 saturated heterocycles. The number of hydrogen-bond acceptors (Lipinski definition) is 15. The highest BCUT2D eigenvalue weighted by Crippen LogP contribution is 2.45. The largest absolute Gasteiger partial charge is 0.472 e. The number of phosphoric acid groups is 2. The number of carbonyl (C=O) groups is 4. The third-order valence-electron chi connectivity index (χ3n) is 17.8. The van der Waals surface area contributed by atoms with E-state index in [1.807, 2.05) is 0 Å². The fourth-order valence-corrected chi connectivity index (χ4v) is 12.7. The summed E-state index contributed by atoms with van der Waals surface area (Å²) in [6.45, 7) is 14.2. The molecule has 0 spiro atoms. The first-order valence-electron chi connectivity index (χ1n) is 38.3. The first-order valence-corrected chi connectivity index (χ1v) is 41.3. The summed E-state index contributed by atoms with van der Waals surface area (Å²) in [7, 11) is -9.91. The van der Waals surface area contributed by atoms with E-state index < -0.39 is 97.5 Å². The maximum atomic E-state index is 13.1. The molecular formula is C74H144O17P2. The Morgan fingerprint density at radius 1 is 0.301 bits per heavy atom. The van der Waals surface area contributed by atoms with Crippen LogP contribution in [0.25, 0.3) is 0 Å². The second-order valence-electron chi connectivity index (χ2n) is 28.1. The van der Waals surface area contributed by atoms with Crippen LogP contribution in [0.2, 0.25) is 0 Å². The number of rotatable bonds is 71. The molecule has 93 heavy (non-hydrogen) atoms. The molecule has 0 radical (unpaired) electrons. The van der Waals surface area contributed by atoms with Crippen LogP contribution in [0.5, 0.6) is 0 Å². The third-order valence-corrected chi connectivity index (χ3v) is 19.7. The summed E-state index contributed by atoms with van der Waals surface area (Å²) in [6.07, 6.45) is 47.2. The van der Waals surface area contributed by atoms with Crippen molar-refractivity contribution in [1.82, 2.24) is 0 Å². The van der Waals surface area contributed by atoms with Crippen molar-refractivity contribution in [3.63, 3.8) is 0 Å². The highest BCUT2D eigenvalue weighted by atomic mass is 31.2. The molecule has 0 saturated carbocycles. The van der Waals surface area contributed by atoms with Gasteiger partial charge in [-0.3, -0.25) is 37.3 Å². The summed E-state index contributed by atoms with van der Waals surface area (Å²) in [5.41, 5.74) is 0. The minimum Gasteiger partial charge on any atom is -0.462 e. The Bertz CT molecular complexity index is 1840. The number of hydrogen-bond donors (Lipinski definition) is 3. The van der Waals surface area contributed by atoms with Gasteiger partial charge < -0.3 is 33.8 Å². The van der Waals surface area contributed by atoms with Crippen molar-refractivity contribution in [1.29, 1.82) is 0 Å². The molecule has 0 amide bonds. The molecule has 0 aromatic carbocycles. The highest BCUT2D eigenvalue weighted by Gasteiger charge is 2.30. The van der Waals surface area contributed by atoms with Crippen LogP contribution in [-0.4, -0.2) is 96.7 Å². The van der Waals surface area contributed by atoms with Crippen molar-refractivity contribution in [3.8, 4) is 0 Å². The van der Waals surface area contributed by atoms with Gasteiger partial charge in [-0.1, -0.05) is 319 Å². The van der Waals surface area contributed by atoms with Gasteiger partial charge in [0, 0.05) is 25.7 Å². The van der Waals surface area contributed by atoms with Gasteiger partial charge in [-0.25, -0.2) is 9.13 Å². The second-order valence-corrected chi connectivity index (χ2v) is 31.0. The molecule has 0 aliphatic heterocycles. The Labute approximate surface area is 568 Å². The Balaban J connectivity index is 5.24. The Morgan fingerprint density at radius 3 is 0.763 bits per heavy atom. The quantitative estimate of drug-likeness (QED) is 0.0222. The number of carbonyl (C=O) groups excluding carboxylic acids is 4. The first-order chi connectivity index (χ1) is 44.7. The van der Waals surface area contributed by atoms with Crippen molar-refractivity contribution in [3.05, 3.63) is 0 Å². The molecule has 0 heterocycles. The molecule has 19 heteroatoms. The van der Waals surface area contributed by atoms with Crippen molar-refractivity contribution in [2.45, 2.75) is 388 Å². The van der Waals surface area contributed by atoms with Crippen LogP contribution >= 0.6 is 15.6 Å². The Morgan fingerprint density at radius 2 is 0.516 bits per heavy atom. The minimum absolute atomic E-state index is 0.105. The fraction of sp³-hybridized carbons (Fsp3) is 0.946.